The fourth-order valence-corrected chi connectivity index (χ4v) is 8.79. The van der Waals surface area contributed by atoms with Crippen LogP contribution in [0.1, 0.15) is 0 Å². The molecule has 0 radical (unpaired) electrons. The number of anilines is 3. The second kappa shape index (κ2) is 12.2. The van der Waals surface area contributed by atoms with Crippen molar-refractivity contribution < 1.29 is 0 Å². The summed E-state index contributed by atoms with van der Waals surface area (Å²) in [4.78, 5) is 2.37. The third-order valence-corrected chi connectivity index (χ3v) is 11.2. The maximum absolute atomic E-state index is 2.39. The highest BCUT2D eigenvalue weighted by Gasteiger charge is 2.18. The number of para-hydroxylation sites is 4. The maximum atomic E-state index is 2.39. The van der Waals surface area contributed by atoms with E-state index in [-0.39, 0.29) is 0 Å². The Morgan fingerprint density at radius 1 is 0.373 bits per heavy atom. The molecule has 8 aromatic carbocycles. The Balaban J connectivity index is 1.08. The van der Waals surface area contributed by atoms with Crippen LogP contribution < -0.4 is 4.90 Å². The van der Waals surface area contributed by atoms with Gasteiger partial charge in [0.2, 0.25) is 0 Å². The van der Waals surface area contributed by atoms with Crippen LogP contribution in [-0.4, -0.2) is 4.57 Å². The van der Waals surface area contributed by atoms with Crippen LogP contribution in [0.2, 0.25) is 0 Å². The first kappa shape index (κ1) is 29.5. The molecule has 51 heavy (non-hydrogen) atoms. The third kappa shape index (κ3) is 5.01. The second-order valence-corrected chi connectivity index (χ2v) is 14.0. The number of fused-ring (bicyclic) bond motifs is 6. The Labute approximate surface area is 300 Å². The zero-order valence-corrected chi connectivity index (χ0v) is 28.6. The highest BCUT2D eigenvalue weighted by Crippen LogP contribution is 2.45. The van der Waals surface area contributed by atoms with Gasteiger partial charge in [0.1, 0.15) is 0 Å². The summed E-state index contributed by atoms with van der Waals surface area (Å²) < 4.78 is 4.96. The van der Waals surface area contributed by atoms with Gasteiger partial charge >= 0.3 is 0 Å². The molecule has 0 unspecified atom stereocenters. The zero-order chi connectivity index (χ0) is 33.7. The summed E-state index contributed by atoms with van der Waals surface area (Å²) in [6.45, 7) is 0. The molecule has 0 N–H and O–H groups in total. The van der Waals surface area contributed by atoms with Crippen LogP contribution in [0.3, 0.4) is 0 Å². The Kier molecular flexibility index (Phi) is 7.04. The van der Waals surface area contributed by atoms with Gasteiger partial charge in [-0.25, -0.2) is 0 Å². The minimum atomic E-state index is 1.15. The summed E-state index contributed by atoms with van der Waals surface area (Å²) in [5.74, 6) is 0. The fourth-order valence-electron chi connectivity index (χ4n) is 7.60. The molecule has 10 rings (SSSR count). The summed E-state index contributed by atoms with van der Waals surface area (Å²) in [5, 5.41) is 5.10. The topological polar surface area (TPSA) is 8.17 Å². The molecule has 2 nitrogen and oxygen atoms in total. The molecule has 3 heteroatoms. The first-order valence-corrected chi connectivity index (χ1v) is 18.2. The van der Waals surface area contributed by atoms with Crippen molar-refractivity contribution in [3.8, 4) is 27.9 Å². The minimum Gasteiger partial charge on any atom is -0.309 e. The molecule has 2 heterocycles. The Morgan fingerprint density at radius 3 is 1.69 bits per heavy atom. The first-order valence-electron chi connectivity index (χ1n) is 17.4. The van der Waals surface area contributed by atoms with Gasteiger partial charge in [0, 0.05) is 43.3 Å². The van der Waals surface area contributed by atoms with Crippen LogP contribution in [0, 0.1) is 0 Å². The number of hydrogen-bond donors (Lipinski definition) is 0. The zero-order valence-electron chi connectivity index (χ0n) is 27.8. The Bertz CT molecular complexity index is 2810. The summed E-state index contributed by atoms with van der Waals surface area (Å²) in [6.07, 6.45) is 0. The van der Waals surface area contributed by atoms with E-state index in [1.807, 2.05) is 11.3 Å². The molecule has 10 aromatic rings. The molecule has 0 amide bonds. The lowest BCUT2D eigenvalue weighted by Crippen LogP contribution is -2.09. The van der Waals surface area contributed by atoms with Crippen molar-refractivity contribution in [1.82, 2.24) is 4.57 Å². The third-order valence-electron chi connectivity index (χ3n) is 9.96. The van der Waals surface area contributed by atoms with Crippen LogP contribution >= 0.6 is 11.3 Å². The van der Waals surface area contributed by atoms with Crippen molar-refractivity contribution in [3.05, 3.63) is 194 Å². The molecule has 0 saturated carbocycles. The quantitative estimate of drug-likeness (QED) is 0.171. The molecule has 0 aliphatic heterocycles. The van der Waals surface area contributed by atoms with Crippen LogP contribution in [0.15, 0.2) is 194 Å². The van der Waals surface area contributed by atoms with Crippen molar-refractivity contribution in [1.29, 1.82) is 0 Å². The van der Waals surface area contributed by atoms with Crippen LogP contribution in [0.25, 0.3) is 69.9 Å². The van der Waals surface area contributed by atoms with Crippen LogP contribution in [0.5, 0.6) is 0 Å². The molecule has 2 aromatic heterocycles. The predicted molar refractivity (Wildman–Crippen MR) is 219 cm³/mol. The van der Waals surface area contributed by atoms with Gasteiger partial charge in [-0.2, -0.15) is 0 Å². The van der Waals surface area contributed by atoms with Gasteiger partial charge in [0.15, 0.2) is 0 Å². The molecule has 0 atom stereocenters. The summed E-state index contributed by atoms with van der Waals surface area (Å²) in [6, 6.07) is 70.3. The van der Waals surface area contributed by atoms with Gasteiger partial charge in [-0.1, -0.05) is 121 Å². The average molecular weight is 669 g/mol. The molecule has 240 valence electrons. The standard InChI is InChI=1S/C48H32N2S/c1-4-16-37(17-5-1)49(38-18-6-2-7-19-38)45-25-13-23-42-43-31-35(27-29-47(43)51-48(42)45)33-14-12-15-34(30-33)36-26-28-41-40-22-10-11-24-44(40)50(46(41)32-36)39-20-8-3-9-21-39/h1-32H. The van der Waals surface area contributed by atoms with E-state index in [1.165, 1.54) is 75.6 Å². The van der Waals surface area contributed by atoms with E-state index in [1.54, 1.807) is 0 Å². The SMILES string of the molecule is c1ccc(N(c2ccccc2)c2cccc3c2sc2ccc(-c4cccc(-c5ccc6c7ccccc7n(-c7ccccc7)c6c5)c4)cc23)cc1. The molecule has 0 aliphatic carbocycles. The summed E-state index contributed by atoms with van der Waals surface area (Å²) in [5.41, 5.74) is 11.9. The molecular weight excluding hydrogens is 637 g/mol. The lowest BCUT2D eigenvalue weighted by molar-refractivity contribution is 1.18. The van der Waals surface area contributed by atoms with Gasteiger partial charge in [-0.15, -0.1) is 11.3 Å². The van der Waals surface area contributed by atoms with E-state index in [0.717, 1.165) is 11.4 Å². The summed E-state index contributed by atoms with van der Waals surface area (Å²) in [7, 11) is 0. The fraction of sp³-hybridized carbons (Fsp3) is 0. The normalized spacial score (nSPS) is 11.5. The predicted octanol–water partition coefficient (Wildman–Crippen LogP) is 14.0. The molecule has 0 bridgehead atoms. The van der Waals surface area contributed by atoms with Gasteiger partial charge in [0.25, 0.3) is 0 Å². The lowest BCUT2D eigenvalue weighted by atomic mass is 9.97. The molecule has 0 spiro atoms. The molecule has 0 fully saturated rings. The minimum absolute atomic E-state index is 1.15. The van der Waals surface area contributed by atoms with Crippen molar-refractivity contribution >= 4 is 70.4 Å². The van der Waals surface area contributed by atoms with Gasteiger partial charge in [-0.05, 0) is 95.1 Å². The smallest absolute Gasteiger partial charge is 0.0640 e. The number of nitrogens with zero attached hydrogens (tertiary/aromatic N) is 2. The number of rotatable bonds is 6. The number of hydrogen-bond acceptors (Lipinski definition) is 2. The van der Waals surface area contributed by atoms with Crippen molar-refractivity contribution in [2.75, 3.05) is 4.90 Å². The van der Waals surface area contributed by atoms with Crippen LogP contribution in [-0.2, 0) is 0 Å². The van der Waals surface area contributed by atoms with E-state index in [2.05, 4.69) is 204 Å². The highest BCUT2D eigenvalue weighted by molar-refractivity contribution is 7.26. The highest BCUT2D eigenvalue weighted by atomic mass is 32.1. The van der Waals surface area contributed by atoms with E-state index in [4.69, 9.17) is 0 Å². The molecule has 0 saturated heterocycles. The number of aromatic nitrogens is 1. The molecule has 0 aliphatic rings. The Hall–Kier alpha value is -6.42. The van der Waals surface area contributed by atoms with Gasteiger partial charge in [-0.3, -0.25) is 0 Å². The van der Waals surface area contributed by atoms with E-state index >= 15 is 0 Å². The van der Waals surface area contributed by atoms with Crippen molar-refractivity contribution in [2.45, 2.75) is 0 Å². The van der Waals surface area contributed by atoms with Gasteiger partial charge < -0.3 is 9.47 Å². The monoisotopic (exact) mass is 668 g/mol. The second-order valence-electron chi connectivity index (χ2n) is 13.0. The van der Waals surface area contributed by atoms with E-state index in [9.17, 15) is 0 Å². The van der Waals surface area contributed by atoms with Gasteiger partial charge in [0.05, 0.1) is 21.4 Å². The van der Waals surface area contributed by atoms with Crippen LogP contribution in [0.4, 0.5) is 17.1 Å². The summed E-state index contributed by atoms with van der Waals surface area (Å²) >= 11 is 1.87. The Morgan fingerprint density at radius 2 is 0.941 bits per heavy atom. The number of thiophene rings is 1. The maximum Gasteiger partial charge on any atom is 0.0640 e. The van der Waals surface area contributed by atoms with E-state index < -0.39 is 0 Å². The largest absolute Gasteiger partial charge is 0.309 e. The van der Waals surface area contributed by atoms with Crippen molar-refractivity contribution in [3.63, 3.8) is 0 Å². The number of benzene rings is 8. The average Bonchev–Trinajstić information content (AvgIpc) is 3.75. The first-order chi connectivity index (χ1) is 25.3. The molecular formula is C48H32N2S. The van der Waals surface area contributed by atoms with Crippen molar-refractivity contribution in [2.24, 2.45) is 0 Å². The van der Waals surface area contributed by atoms with E-state index in [0.29, 0.717) is 0 Å². The lowest BCUT2D eigenvalue weighted by Gasteiger charge is -2.25.